The van der Waals surface area contributed by atoms with Crippen molar-refractivity contribution in [3.63, 3.8) is 0 Å². The summed E-state index contributed by atoms with van der Waals surface area (Å²) in [5.74, 6) is 1.02. The van der Waals surface area contributed by atoms with Gasteiger partial charge in [-0.15, -0.1) is 0 Å². The lowest BCUT2D eigenvalue weighted by molar-refractivity contribution is -0.124. The molecule has 2 aromatic rings. The number of nitrogens with one attached hydrogen (secondary N) is 2. The summed E-state index contributed by atoms with van der Waals surface area (Å²) in [5, 5.41) is 6.14. The Bertz CT molecular complexity index is 806. The van der Waals surface area contributed by atoms with Crippen LogP contribution in [0.15, 0.2) is 24.3 Å². The van der Waals surface area contributed by atoms with Gasteiger partial charge in [0, 0.05) is 24.9 Å². The Morgan fingerprint density at radius 1 is 1.18 bits per heavy atom. The summed E-state index contributed by atoms with van der Waals surface area (Å²) in [5.41, 5.74) is 1.90. The van der Waals surface area contributed by atoms with Crippen LogP contribution >= 0.6 is 0 Å². The Morgan fingerprint density at radius 2 is 1.93 bits per heavy atom. The lowest BCUT2D eigenvalue weighted by atomic mass is 9.95. The number of imidazole rings is 1. The molecule has 1 aromatic heterocycles. The molecule has 0 bridgehead atoms. The predicted molar refractivity (Wildman–Crippen MR) is 111 cm³/mol. The van der Waals surface area contributed by atoms with E-state index in [9.17, 15) is 9.59 Å². The van der Waals surface area contributed by atoms with Crippen molar-refractivity contribution in [3.05, 3.63) is 30.1 Å². The van der Waals surface area contributed by atoms with Crippen LogP contribution in [0.5, 0.6) is 0 Å². The van der Waals surface area contributed by atoms with Crippen molar-refractivity contribution in [2.75, 3.05) is 6.54 Å². The maximum atomic E-state index is 12.7. The fraction of sp³-hybridized carbons (Fsp3) is 0.591. The summed E-state index contributed by atoms with van der Waals surface area (Å²) in [6, 6.07) is 8.25. The summed E-state index contributed by atoms with van der Waals surface area (Å²) in [6.07, 6.45) is 7.36. The lowest BCUT2D eigenvalue weighted by Crippen LogP contribution is -2.38. The molecule has 2 N–H and O–H groups in total. The van der Waals surface area contributed by atoms with Gasteiger partial charge in [0.05, 0.1) is 11.0 Å². The van der Waals surface area contributed by atoms with Crippen LogP contribution in [-0.4, -0.2) is 34.0 Å². The third-order valence-electron chi connectivity index (χ3n) is 5.41. The highest BCUT2D eigenvalue weighted by Gasteiger charge is 2.18. The van der Waals surface area contributed by atoms with Gasteiger partial charge in [-0.3, -0.25) is 9.59 Å². The molecule has 152 valence electrons. The van der Waals surface area contributed by atoms with E-state index in [4.69, 9.17) is 4.98 Å². The van der Waals surface area contributed by atoms with E-state index in [1.165, 1.54) is 19.3 Å². The zero-order chi connectivity index (χ0) is 19.9. The van der Waals surface area contributed by atoms with Crippen molar-refractivity contribution in [3.8, 4) is 0 Å². The number of para-hydroxylation sites is 2. The molecule has 0 unspecified atom stereocenters. The standard InChI is InChI=1S/C22H32N4O2/c1-16(2)22(28)23-14-8-13-20-25-18-11-6-7-12-19(18)26(20)15-21(27)24-17-9-4-3-5-10-17/h6-7,11-12,16-17H,3-5,8-10,13-15H2,1-2H3,(H,23,28)(H,24,27). The van der Waals surface area contributed by atoms with Crippen LogP contribution < -0.4 is 10.6 Å². The second kappa shape index (κ2) is 9.71. The second-order valence-corrected chi connectivity index (χ2v) is 8.05. The van der Waals surface area contributed by atoms with Crippen molar-refractivity contribution in [1.82, 2.24) is 20.2 Å². The normalized spacial score (nSPS) is 15.1. The molecule has 1 aromatic carbocycles. The number of aryl methyl sites for hydroxylation is 1. The number of carbonyl (C=O) groups is 2. The molecule has 0 saturated heterocycles. The van der Waals surface area contributed by atoms with E-state index in [1.54, 1.807) is 0 Å². The zero-order valence-electron chi connectivity index (χ0n) is 17.0. The van der Waals surface area contributed by atoms with Crippen LogP contribution in [0.4, 0.5) is 0 Å². The van der Waals surface area contributed by atoms with E-state index in [-0.39, 0.29) is 17.7 Å². The van der Waals surface area contributed by atoms with Crippen molar-refractivity contribution >= 4 is 22.8 Å². The first-order valence-electron chi connectivity index (χ1n) is 10.6. The number of amides is 2. The molecule has 3 rings (SSSR count). The molecule has 6 heteroatoms. The van der Waals surface area contributed by atoms with Crippen LogP contribution in [0.1, 0.15) is 58.2 Å². The van der Waals surface area contributed by atoms with Gasteiger partial charge in [0.15, 0.2) is 0 Å². The van der Waals surface area contributed by atoms with Crippen LogP contribution in [0.3, 0.4) is 0 Å². The van der Waals surface area contributed by atoms with Gasteiger partial charge < -0.3 is 15.2 Å². The number of rotatable bonds is 8. The van der Waals surface area contributed by atoms with E-state index >= 15 is 0 Å². The molecule has 0 spiro atoms. The molecule has 2 amide bonds. The number of aromatic nitrogens is 2. The highest BCUT2D eigenvalue weighted by molar-refractivity contribution is 5.81. The van der Waals surface area contributed by atoms with Crippen molar-refractivity contribution in [2.24, 2.45) is 5.92 Å². The van der Waals surface area contributed by atoms with E-state index < -0.39 is 0 Å². The first-order chi connectivity index (χ1) is 13.5. The fourth-order valence-electron chi connectivity index (χ4n) is 3.82. The SMILES string of the molecule is CC(C)C(=O)NCCCc1nc2ccccc2n1CC(=O)NC1CCCCC1. The predicted octanol–water partition coefficient (Wildman–Crippen LogP) is 3.19. The van der Waals surface area contributed by atoms with Gasteiger partial charge in [-0.1, -0.05) is 45.2 Å². The Morgan fingerprint density at radius 3 is 2.68 bits per heavy atom. The topological polar surface area (TPSA) is 76.0 Å². The molecule has 6 nitrogen and oxygen atoms in total. The number of hydrogen-bond donors (Lipinski definition) is 2. The molecule has 1 fully saturated rings. The molecular weight excluding hydrogens is 352 g/mol. The average Bonchev–Trinajstić information content (AvgIpc) is 3.03. The van der Waals surface area contributed by atoms with Crippen LogP contribution in [0, 0.1) is 5.92 Å². The summed E-state index contributed by atoms with van der Waals surface area (Å²) in [4.78, 5) is 29.1. The van der Waals surface area contributed by atoms with Gasteiger partial charge >= 0.3 is 0 Å². The molecule has 1 saturated carbocycles. The van der Waals surface area contributed by atoms with Crippen molar-refractivity contribution < 1.29 is 9.59 Å². The minimum absolute atomic E-state index is 0.00643. The van der Waals surface area contributed by atoms with E-state index in [0.29, 0.717) is 19.1 Å². The summed E-state index contributed by atoms with van der Waals surface area (Å²) in [6.45, 7) is 4.69. The Hall–Kier alpha value is -2.37. The van der Waals surface area contributed by atoms with Gasteiger partial charge in [0.2, 0.25) is 11.8 Å². The first-order valence-corrected chi connectivity index (χ1v) is 10.6. The zero-order valence-corrected chi connectivity index (χ0v) is 17.0. The van der Waals surface area contributed by atoms with Gasteiger partial charge in [0.25, 0.3) is 0 Å². The van der Waals surface area contributed by atoms with Gasteiger partial charge in [-0.05, 0) is 31.4 Å². The third kappa shape index (κ3) is 5.33. The minimum Gasteiger partial charge on any atom is -0.356 e. The van der Waals surface area contributed by atoms with E-state index in [0.717, 1.165) is 42.5 Å². The maximum Gasteiger partial charge on any atom is 0.240 e. The van der Waals surface area contributed by atoms with Gasteiger partial charge in [-0.2, -0.15) is 0 Å². The van der Waals surface area contributed by atoms with Crippen molar-refractivity contribution in [1.29, 1.82) is 0 Å². The van der Waals surface area contributed by atoms with E-state index in [2.05, 4.69) is 10.6 Å². The number of fused-ring (bicyclic) bond motifs is 1. The number of hydrogen-bond acceptors (Lipinski definition) is 3. The van der Waals surface area contributed by atoms with Gasteiger partial charge in [0.1, 0.15) is 12.4 Å². The second-order valence-electron chi connectivity index (χ2n) is 8.05. The van der Waals surface area contributed by atoms with Crippen LogP contribution in [0.25, 0.3) is 11.0 Å². The summed E-state index contributed by atoms with van der Waals surface area (Å²) in [7, 11) is 0. The highest BCUT2D eigenvalue weighted by Crippen LogP contribution is 2.19. The Kier molecular flexibility index (Phi) is 7.06. The molecule has 1 heterocycles. The van der Waals surface area contributed by atoms with Gasteiger partial charge in [-0.25, -0.2) is 4.98 Å². The molecule has 28 heavy (non-hydrogen) atoms. The Labute approximate surface area is 167 Å². The number of nitrogens with zero attached hydrogens (tertiary/aromatic N) is 2. The van der Waals surface area contributed by atoms with Crippen LogP contribution in [0.2, 0.25) is 0 Å². The largest absolute Gasteiger partial charge is 0.356 e. The maximum absolute atomic E-state index is 12.7. The molecule has 1 aliphatic rings. The highest BCUT2D eigenvalue weighted by atomic mass is 16.2. The molecule has 0 atom stereocenters. The quantitative estimate of drug-likeness (QED) is 0.686. The lowest BCUT2D eigenvalue weighted by Gasteiger charge is -2.23. The summed E-state index contributed by atoms with van der Waals surface area (Å²) < 4.78 is 2.03. The molecule has 0 radical (unpaired) electrons. The fourth-order valence-corrected chi connectivity index (χ4v) is 3.82. The minimum atomic E-state index is -0.00643. The number of benzene rings is 1. The average molecular weight is 385 g/mol. The first kappa shape index (κ1) is 20.4. The molecule has 1 aliphatic carbocycles. The summed E-state index contributed by atoms with van der Waals surface area (Å²) >= 11 is 0. The molecular formula is C22H32N4O2. The van der Waals surface area contributed by atoms with Crippen molar-refractivity contribution in [2.45, 2.75) is 71.4 Å². The third-order valence-corrected chi connectivity index (χ3v) is 5.41. The Balaban J connectivity index is 1.64. The monoisotopic (exact) mass is 384 g/mol. The molecule has 0 aliphatic heterocycles. The van der Waals surface area contributed by atoms with Crippen LogP contribution in [-0.2, 0) is 22.6 Å². The van der Waals surface area contributed by atoms with E-state index in [1.807, 2.05) is 42.7 Å². The smallest absolute Gasteiger partial charge is 0.240 e. The number of carbonyl (C=O) groups excluding carboxylic acids is 2.